The Morgan fingerprint density at radius 3 is 2.88 bits per heavy atom. The number of benzene rings is 1. The van der Waals surface area contributed by atoms with Crippen LogP contribution in [0.5, 0.6) is 11.5 Å². The maximum absolute atomic E-state index is 14.4. The summed E-state index contributed by atoms with van der Waals surface area (Å²) in [5.74, 6) is 1.05. The Labute approximate surface area is 149 Å². The van der Waals surface area contributed by atoms with Crippen LogP contribution < -0.4 is 4.74 Å². The SMILES string of the molecule is Cc1cc2nccc(Oc3ccc(CC(=O)CC4CC4)cc3F)c2s1. The lowest BCUT2D eigenvalue weighted by molar-refractivity contribution is -0.118. The number of fused-ring (bicyclic) bond motifs is 1. The molecule has 1 aliphatic rings. The van der Waals surface area contributed by atoms with Gasteiger partial charge in [0.1, 0.15) is 11.5 Å². The van der Waals surface area contributed by atoms with Crippen molar-refractivity contribution in [2.24, 2.45) is 5.92 Å². The van der Waals surface area contributed by atoms with E-state index in [2.05, 4.69) is 4.98 Å². The first-order valence-electron chi connectivity index (χ1n) is 8.41. The predicted octanol–water partition coefficient (Wildman–Crippen LogP) is 5.45. The number of halogens is 1. The topological polar surface area (TPSA) is 39.2 Å². The second kappa shape index (κ2) is 6.56. The van der Waals surface area contributed by atoms with Crippen LogP contribution in [0.1, 0.15) is 29.7 Å². The van der Waals surface area contributed by atoms with E-state index in [1.807, 2.05) is 13.0 Å². The zero-order valence-corrected chi connectivity index (χ0v) is 14.7. The minimum Gasteiger partial charge on any atom is -0.453 e. The largest absolute Gasteiger partial charge is 0.453 e. The number of carbonyl (C=O) groups excluding carboxylic acids is 1. The van der Waals surface area contributed by atoms with Crippen LogP contribution >= 0.6 is 11.3 Å². The van der Waals surface area contributed by atoms with Gasteiger partial charge >= 0.3 is 0 Å². The minimum absolute atomic E-state index is 0.164. The van der Waals surface area contributed by atoms with Gasteiger partial charge in [0, 0.05) is 30.0 Å². The smallest absolute Gasteiger partial charge is 0.166 e. The molecule has 0 atom stereocenters. The lowest BCUT2D eigenvalue weighted by atomic mass is 10.0. The molecule has 25 heavy (non-hydrogen) atoms. The Morgan fingerprint density at radius 1 is 1.28 bits per heavy atom. The first-order valence-corrected chi connectivity index (χ1v) is 9.23. The number of hydrogen-bond donors (Lipinski definition) is 0. The number of aromatic nitrogens is 1. The number of aryl methyl sites for hydroxylation is 1. The lowest BCUT2D eigenvalue weighted by Crippen LogP contribution is -2.04. The normalized spacial score (nSPS) is 14.0. The monoisotopic (exact) mass is 355 g/mol. The number of pyridine rings is 1. The lowest BCUT2D eigenvalue weighted by Gasteiger charge is -2.09. The van der Waals surface area contributed by atoms with E-state index in [1.165, 1.54) is 6.07 Å². The third-order valence-corrected chi connectivity index (χ3v) is 5.38. The van der Waals surface area contributed by atoms with E-state index in [-0.39, 0.29) is 18.0 Å². The minimum atomic E-state index is -0.449. The van der Waals surface area contributed by atoms with Gasteiger partial charge < -0.3 is 4.74 Å². The van der Waals surface area contributed by atoms with Crippen molar-refractivity contribution < 1.29 is 13.9 Å². The Bertz CT molecular complexity index is 946. The van der Waals surface area contributed by atoms with Crippen LogP contribution in [0.3, 0.4) is 0 Å². The van der Waals surface area contributed by atoms with Crippen molar-refractivity contribution in [1.82, 2.24) is 4.98 Å². The Kier molecular flexibility index (Phi) is 4.25. The molecule has 0 saturated heterocycles. The maximum Gasteiger partial charge on any atom is 0.166 e. The van der Waals surface area contributed by atoms with E-state index in [0.29, 0.717) is 23.7 Å². The second-order valence-electron chi connectivity index (χ2n) is 6.61. The standard InChI is InChI=1S/C20H18FNO2S/c1-12-8-17-20(25-12)19(6-7-22-17)24-18-5-4-14(11-16(18)21)10-15(23)9-13-2-3-13/h4-8,11,13H,2-3,9-10H2,1H3. The molecule has 1 saturated carbocycles. The van der Waals surface area contributed by atoms with Gasteiger partial charge in [0.25, 0.3) is 0 Å². The van der Waals surface area contributed by atoms with Crippen molar-refractivity contribution in [3.8, 4) is 11.5 Å². The van der Waals surface area contributed by atoms with Crippen LogP contribution in [-0.2, 0) is 11.2 Å². The molecule has 2 aromatic heterocycles. The third kappa shape index (κ3) is 3.71. The molecular weight excluding hydrogens is 337 g/mol. The summed E-state index contributed by atoms with van der Waals surface area (Å²) < 4.78 is 21.1. The quantitative estimate of drug-likeness (QED) is 0.590. The molecule has 5 heteroatoms. The maximum atomic E-state index is 14.4. The van der Waals surface area contributed by atoms with E-state index in [1.54, 1.807) is 35.7 Å². The zero-order valence-electron chi connectivity index (χ0n) is 13.9. The predicted molar refractivity (Wildman–Crippen MR) is 96.9 cm³/mol. The average molecular weight is 355 g/mol. The molecule has 3 aromatic rings. The van der Waals surface area contributed by atoms with Crippen LogP contribution in [0, 0.1) is 18.7 Å². The second-order valence-corrected chi connectivity index (χ2v) is 7.87. The summed E-state index contributed by atoms with van der Waals surface area (Å²) in [6, 6.07) is 8.49. The molecule has 0 radical (unpaired) electrons. The molecular formula is C20H18FNO2S. The van der Waals surface area contributed by atoms with Crippen molar-refractivity contribution in [2.75, 3.05) is 0 Å². The molecule has 1 aliphatic carbocycles. The molecule has 0 spiro atoms. The molecule has 4 rings (SSSR count). The highest BCUT2D eigenvalue weighted by Crippen LogP contribution is 2.36. The van der Waals surface area contributed by atoms with E-state index in [0.717, 1.165) is 27.9 Å². The summed E-state index contributed by atoms with van der Waals surface area (Å²) in [5, 5.41) is 0. The van der Waals surface area contributed by atoms with Crippen molar-refractivity contribution in [2.45, 2.75) is 32.6 Å². The van der Waals surface area contributed by atoms with Gasteiger partial charge in [-0.3, -0.25) is 9.78 Å². The Morgan fingerprint density at radius 2 is 2.12 bits per heavy atom. The van der Waals surface area contributed by atoms with Gasteiger partial charge in [0.15, 0.2) is 11.6 Å². The number of nitrogens with zero attached hydrogens (tertiary/aromatic N) is 1. The highest BCUT2D eigenvalue weighted by atomic mass is 32.1. The summed E-state index contributed by atoms with van der Waals surface area (Å²) in [5.41, 5.74) is 1.55. The zero-order chi connectivity index (χ0) is 17.4. The molecule has 1 aromatic carbocycles. The fraction of sp³-hybridized carbons (Fsp3) is 0.300. The first-order chi connectivity index (χ1) is 12.1. The highest BCUT2D eigenvalue weighted by Gasteiger charge is 2.24. The average Bonchev–Trinajstić information content (AvgIpc) is 3.28. The summed E-state index contributed by atoms with van der Waals surface area (Å²) in [4.78, 5) is 17.4. The number of ketones is 1. The van der Waals surface area contributed by atoms with Crippen LogP contribution in [-0.4, -0.2) is 10.8 Å². The third-order valence-electron chi connectivity index (χ3n) is 4.33. The molecule has 1 fully saturated rings. The Hall–Kier alpha value is -2.27. The highest BCUT2D eigenvalue weighted by molar-refractivity contribution is 7.19. The fourth-order valence-electron chi connectivity index (χ4n) is 2.91. The molecule has 0 N–H and O–H groups in total. The number of Topliss-reactive ketones (excluding diaryl/α,β-unsaturated/α-hetero) is 1. The van der Waals surface area contributed by atoms with Crippen LogP contribution in [0.2, 0.25) is 0 Å². The van der Waals surface area contributed by atoms with E-state index in [9.17, 15) is 9.18 Å². The summed E-state index contributed by atoms with van der Waals surface area (Å²) >= 11 is 1.57. The number of carbonyl (C=O) groups is 1. The van der Waals surface area contributed by atoms with Gasteiger partial charge in [-0.2, -0.15) is 0 Å². The van der Waals surface area contributed by atoms with E-state index in [4.69, 9.17) is 4.74 Å². The van der Waals surface area contributed by atoms with Gasteiger partial charge in [-0.05, 0) is 49.4 Å². The Balaban J connectivity index is 1.53. The number of rotatable bonds is 6. The van der Waals surface area contributed by atoms with E-state index < -0.39 is 5.82 Å². The summed E-state index contributed by atoms with van der Waals surface area (Å²) in [7, 11) is 0. The summed E-state index contributed by atoms with van der Waals surface area (Å²) in [6.07, 6.45) is 4.86. The van der Waals surface area contributed by atoms with Gasteiger partial charge in [0.05, 0.1) is 10.2 Å². The molecule has 0 aliphatic heterocycles. The van der Waals surface area contributed by atoms with Crippen molar-refractivity contribution in [1.29, 1.82) is 0 Å². The van der Waals surface area contributed by atoms with Gasteiger partial charge in [-0.15, -0.1) is 11.3 Å². The molecule has 128 valence electrons. The van der Waals surface area contributed by atoms with Crippen molar-refractivity contribution in [3.05, 3.63) is 52.8 Å². The molecule has 0 unspecified atom stereocenters. The van der Waals surface area contributed by atoms with Gasteiger partial charge in [-0.1, -0.05) is 6.07 Å². The molecule has 0 amide bonds. The number of hydrogen-bond acceptors (Lipinski definition) is 4. The van der Waals surface area contributed by atoms with Crippen molar-refractivity contribution in [3.63, 3.8) is 0 Å². The molecule has 3 nitrogen and oxygen atoms in total. The van der Waals surface area contributed by atoms with Gasteiger partial charge in [0.2, 0.25) is 0 Å². The first kappa shape index (κ1) is 16.2. The fourth-order valence-corrected chi connectivity index (χ4v) is 3.83. The van der Waals surface area contributed by atoms with Crippen LogP contribution in [0.4, 0.5) is 4.39 Å². The number of ether oxygens (including phenoxy) is 1. The number of thiophene rings is 1. The van der Waals surface area contributed by atoms with Crippen molar-refractivity contribution >= 4 is 27.3 Å². The van der Waals surface area contributed by atoms with Gasteiger partial charge in [-0.25, -0.2) is 4.39 Å². The van der Waals surface area contributed by atoms with Crippen LogP contribution in [0.25, 0.3) is 10.2 Å². The van der Waals surface area contributed by atoms with E-state index >= 15 is 0 Å². The van der Waals surface area contributed by atoms with Crippen LogP contribution in [0.15, 0.2) is 36.5 Å². The molecule has 2 heterocycles. The summed E-state index contributed by atoms with van der Waals surface area (Å²) in [6.45, 7) is 2.00. The molecule has 0 bridgehead atoms.